The normalized spacial score (nSPS) is 15.6. The molecule has 0 spiro atoms. The Labute approximate surface area is 208 Å². The zero-order valence-electron chi connectivity index (χ0n) is 20.5. The summed E-state index contributed by atoms with van der Waals surface area (Å²) in [6, 6.07) is 13.4. The number of hydrogen-bond donors (Lipinski definition) is 1. The van der Waals surface area contributed by atoms with Gasteiger partial charge in [-0.2, -0.15) is 4.39 Å². The van der Waals surface area contributed by atoms with Crippen molar-refractivity contribution >= 4 is 17.6 Å². The number of rotatable bonds is 9. The molecule has 9 nitrogen and oxygen atoms in total. The van der Waals surface area contributed by atoms with Gasteiger partial charge in [-0.05, 0) is 32.5 Å². The van der Waals surface area contributed by atoms with Crippen LogP contribution in [-0.2, 0) is 25.6 Å². The molecule has 1 N–H and O–H groups in total. The minimum Gasteiger partial charge on any atom is -0.466 e. The van der Waals surface area contributed by atoms with E-state index in [0.29, 0.717) is 24.5 Å². The van der Waals surface area contributed by atoms with Crippen LogP contribution in [0, 0.1) is 15.9 Å². The number of methoxy groups -OCH3 is 1. The van der Waals surface area contributed by atoms with E-state index < -0.39 is 34.3 Å². The van der Waals surface area contributed by atoms with E-state index in [-0.39, 0.29) is 23.3 Å². The second-order valence-electron chi connectivity index (χ2n) is 8.42. The Balaban J connectivity index is 1.91. The molecule has 190 valence electrons. The fourth-order valence-electron chi connectivity index (χ4n) is 4.26. The van der Waals surface area contributed by atoms with Crippen molar-refractivity contribution in [1.82, 2.24) is 10.2 Å². The van der Waals surface area contributed by atoms with E-state index in [2.05, 4.69) is 5.32 Å². The average molecular weight is 498 g/mol. The second kappa shape index (κ2) is 11.6. The first kappa shape index (κ1) is 26.6. The first-order valence-electron chi connectivity index (χ1n) is 11.2. The van der Waals surface area contributed by atoms with Crippen molar-refractivity contribution in [3.63, 3.8) is 0 Å². The van der Waals surface area contributed by atoms with E-state index in [0.717, 1.165) is 18.7 Å². The smallest absolute Gasteiger partial charge is 0.336 e. The van der Waals surface area contributed by atoms with Gasteiger partial charge in [-0.15, -0.1) is 0 Å². The Hall–Kier alpha value is -4.05. The van der Waals surface area contributed by atoms with E-state index in [1.807, 2.05) is 42.3 Å². The fourth-order valence-corrected chi connectivity index (χ4v) is 4.26. The van der Waals surface area contributed by atoms with Gasteiger partial charge in [0.2, 0.25) is 5.82 Å². The molecule has 0 fully saturated rings. The lowest BCUT2D eigenvalue weighted by molar-refractivity contribution is -0.388. The van der Waals surface area contributed by atoms with Crippen LogP contribution in [0.25, 0.3) is 0 Å². The number of halogens is 1. The largest absolute Gasteiger partial charge is 0.466 e. The van der Waals surface area contributed by atoms with Crippen molar-refractivity contribution in [1.29, 1.82) is 0 Å². The highest BCUT2D eigenvalue weighted by molar-refractivity contribution is 6.00. The van der Waals surface area contributed by atoms with Crippen molar-refractivity contribution in [2.24, 2.45) is 0 Å². The van der Waals surface area contributed by atoms with Crippen molar-refractivity contribution in [2.45, 2.75) is 26.3 Å². The third kappa shape index (κ3) is 5.77. The number of nitrogens with one attached hydrogen (secondary N) is 1. The minimum atomic E-state index is -1.26. The van der Waals surface area contributed by atoms with Crippen LogP contribution in [0.1, 0.15) is 30.9 Å². The summed E-state index contributed by atoms with van der Waals surface area (Å²) in [6.45, 7) is 4.27. The molecule has 1 heterocycles. The molecule has 36 heavy (non-hydrogen) atoms. The number of ether oxygens (including phenoxy) is 2. The Morgan fingerprint density at radius 3 is 2.31 bits per heavy atom. The molecule has 0 bridgehead atoms. The van der Waals surface area contributed by atoms with Crippen molar-refractivity contribution in [3.8, 4) is 0 Å². The van der Waals surface area contributed by atoms with Gasteiger partial charge in [0.25, 0.3) is 0 Å². The molecule has 0 saturated carbocycles. The van der Waals surface area contributed by atoms with Gasteiger partial charge in [0, 0.05) is 30.0 Å². The summed E-state index contributed by atoms with van der Waals surface area (Å²) < 4.78 is 24.9. The Morgan fingerprint density at radius 2 is 1.69 bits per heavy atom. The predicted octanol–water partition coefficient (Wildman–Crippen LogP) is 3.82. The van der Waals surface area contributed by atoms with Gasteiger partial charge >= 0.3 is 17.6 Å². The number of nitrogens with zero attached hydrogens (tertiary/aromatic N) is 2. The highest BCUT2D eigenvalue weighted by Crippen LogP contribution is 2.43. The van der Waals surface area contributed by atoms with E-state index in [1.54, 1.807) is 13.8 Å². The number of dihydropyridines is 1. The van der Waals surface area contributed by atoms with E-state index in [9.17, 15) is 24.1 Å². The maximum atomic E-state index is 14.5. The number of benzene rings is 2. The second-order valence-corrected chi connectivity index (χ2v) is 8.42. The van der Waals surface area contributed by atoms with Crippen LogP contribution in [0.3, 0.4) is 0 Å². The number of para-hydroxylation sites is 1. The van der Waals surface area contributed by atoms with Crippen LogP contribution in [0.4, 0.5) is 10.1 Å². The summed E-state index contributed by atoms with van der Waals surface area (Å²) in [7, 11) is 3.04. The molecule has 10 heteroatoms. The molecule has 1 atom stereocenters. The van der Waals surface area contributed by atoms with Gasteiger partial charge < -0.3 is 14.8 Å². The van der Waals surface area contributed by atoms with Crippen LogP contribution in [-0.4, -0.2) is 49.1 Å². The first-order chi connectivity index (χ1) is 17.1. The summed E-state index contributed by atoms with van der Waals surface area (Å²) in [5, 5.41) is 14.7. The van der Waals surface area contributed by atoms with Crippen molar-refractivity contribution < 1.29 is 28.4 Å². The number of hydrogen-bond acceptors (Lipinski definition) is 8. The molecule has 1 aliphatic rings. The van der Waals surface area contributed by atoms with E-state index in [1.165, 1.54) is 12.1 Å². The Morgan fingerprint density at radius 1 is 1.06 bits per heavy atom. The average Bonchev–Trinajstić information content (AvgIpc) is 2.83. The number of carbonyl (C=O) groups excluding carboxylic acids is 2. The third-order valence-electron chi connectivity index (χ3n) is 5.90. The Kier molecular flexibility index (Phi) is 8.55. The summed E-state index contributed by atoms with van der Waals surface area (Å²) in [5.41, 5.74) is 0.745. The fraction of sp³-hybridized carbons (Fsp3) is 0.308. The first-order valence-corrected chi connectivity index (χ1v) is 11.2. The molecule has 3 rings (SSSR count). The lowest BCUT2D eigenvalue weighted by Crippen LogP contribution is -2.33. The SMILES string of the molecule is COC(=O)C1=C(C)NC(C)=C(C(=O)OCCN(C)Cc2ccccc2)C1c1cccc(F)c1[N+](=O)[O-]. The van der Waals surface area contributed by atoms with Crippen LogP contribution in [0.2, 0.25) is 0 Å². The van der Waals surface area contributed by atoms with Gasteiger partial charge in [0.15, 0.2) is 0 Å². The van der Waals surface area contributed by atoms with Gasteiger partial charge in [0.05, 0.1) is 29.1 Å². The molecular formula is C26H28FN3O6. The topological polar surface area (TPSA) is 111 Å². The molecule has 0 aromatic heterocycles. The standard InChI is InChI=1S/C26H28FN3O6/c1-16-21(25(31)35-4)23(19-11-8-12-20(27)24(19)30(33)34)22(17(2)28-16)26(32)36-14-13-29(3)15-18-9-6-5-7-10-18/h5-12,23,28H,13-15H2,1-4H3. The number of esters is 2. The molecule has 1 unspecified atom stereocenters. The number of likely N-dealkylation sites (N-methyl/N-ethyl adjacent to an activating group) is 1. The maximum absolute atomic E-state index is 14.5. The van der Waals surface area contributed by atoms with E-state index in [4.69, 9.17) is 9.47 Å². The summed E-state index contributed by atoms with van der Waals surface area (Å²) in [4.78, 5) is 38.9. The molecule has 0 aliphatic carbocycles. The number of carbonyl (C=O) groups is 2. The van der Waals surface area contributed by atoms with Gasteiger partial charge in [-0.1, -0.05) is 42.5 Å². The molecule has 2 aromatic carbocycles. The molecule has 0 radical (unpaired) electrons. The lowest BCUT2D eigenvalue weighted by atomic mass is 9.79. The summed E-state index contributed by atoms with van der Waals surface area (Å²) in [5.74, 6) is -3.91. The van der Waals surface area contributed by atoms with Crippen LogP contribution in [0.15, 0.2) is 71.1 Å². The number of nitro benzene ring substituents is 1. The minimum absolute atomic E-state index is 0.0274. The quantitative estimate of drug-likeness (QED) is 0.316. The molecule has 0 amide bonds. The van der Waals surface area contributed by atoms with Crippen LogP contribution < -0.4 is 5.32 Å². The van der Waals surface area contributed by atoms with Crippen LogP contribution in [0.5, 0.6) is 0 Å². The predicted molar refractivity (Wildman–Crippen MR) is 130 cm³/mol. The number of allylic oxidation sites excluding steroid dienone is 2. The zero-order chi connectivity index (χ0) is 26.4. The summed E-state index contributed by atoms with van der Waals surface area (Å²) in [6.07, 6.45) is 0. The van der Waals surface area contributed by atoms with Crippen LogP contribution >= 0.6 is 0 Å². The molecule has 2 aromatic rings. The molecule has 0 saturated heterocycles. The van der Waals surface area contributed by atoms with Crippen molar-refractivity contribution in [3.05, 3.63) is 98.1 Å². The summed E-state index contributed by atoms with van der Waals surface area (Å²) >= 11 is 0. The Bertz CT molecular complexity index is 1230. The number of nitro groups is 1. The van der Waals surface area contributed by atoms with Gasteiger partial charge in [-0.3, -0.25) is 15.0 Å². The van der Waals surface area contributed by atoms with Gasteiger partial charge in [0.1, 0.15) is 6.61 Å². The van der Waals surface area contributed by atoms with Gasteiger partial charge in [-0.25, -0.2) is 9.59 Å². The highest BCUT2D eigenvalue weighted by Gasteiger charge is 2.41. The molecule has 1 aliphatic heterocycles. The monoisotopic (exact) mass is 497 g/mol. The third-order valence-corrected chi connectivity index (χ3v) is 5.90. The maximum Gasteiger partial charge on any atom is 0.336 e. The van der Waals surface area contributed by atoms with Crippen molar-refractivity contribution in [2.75, 3.05) is 27.3 Å². The molecular weight excluding hydrogens is 469 g/mol. The highest BCUT2D eigenvalue weighted by atomic mass is 19.1. The van der Waals surface area contributed by atoms with E-state index >= 15 is 0 Å². The zero-order valence-corrected chi connectivity index (χ0v) is 20.5. The lowest BCUT2D eigenvalue weighted by Gasteiger charge is -2.30.